The summed E-state index contributed by atoms with van der Waals surface area (Å²) in [4.78, 5) is 2.38. The zero-order valence-corrected chi connectivity index (χ0v) is 14.5. The number of nitrogens with two attached hydrogens (primary N) is 2. The Morgan fingerprint density at radius 1 is 0.875 bits per heavy atom. The Bertz CT molecular complexity index is 642. The van der Waals surface area contributed by atoms with Crippen LogP contribution in [0.5, 0.6) is 17.2 Å². The van der Waals surface area contributed by atoms with E-state index >= 15 is 0 Å². The zero-order chi connectivity index (χ0) is 17.4. The topological polar surface area (TPSA) is 73.7 Å². The first-order valence-corrected chi connectivity index (χ1v) is 8.40. The lowest BCUT2D eigenvalue weighted by Crippen LogP contribution is -2.25. The van der Waals surface area contributed by atoms with Gasteiger partial charge >= 0.3 is 0 Å². The van der Waals surface area contributed by atoms with Crippen LogP contribution in [0.15, 0.2) is 42.5 Å². The number of anilines is 2. The smallest absolute Gasteiger partial charge is 0.131 e. The normalized spacial score (nSPS) is 10.8. The minimum absolute atomic E-state index is 0.510. The van der Waals surface area contributed by atoms with Gasteiger partial charge in [-0.25, -0.2) is 0 Å². The minimum Gasteiger partial charge on any atom is -0.493 e. The fourth-order valence-electron chi connectivity index (χ4n) is 2.40. The number of nitrogens with zero attached hydrogens (tertiary/aromatic N) is 1. The molecule has 0 unspecified atom stereocenters. The fraction of sp³-hybridized carbons (Fsp3) is 0.368. The molecule has 0 fully saturated rings. The Labute approximate surface area is 144 Å². The predicted molar refractivity (Wildman–Crippen MR) is 99.7 cm³/mol. The van der Waals surface area contributed by atoms with Gasteiger partial charge in [-0.1, -0.05) is 19.9 Å². The molecule has 0 amide bonds. The number of ether oxygens (including phenoxy) is 2. The predicted octanol–water partition coefficient (Wildman–Crippen LogP) is 3.75. The highest BCUT2D eigenvalue weighted by molar-refractivity contribution is 5.65. The Kier molecular flexibility index (Phi) is 6.75. The van der Waals surface area contributed by atoms with Crippen molar-refractivity contribution in [1.82, 2.24) is 4.90 Å². The molecule has 2 aromatic rings. The molecule has 0 atom stereocenters. The van der Waals surface area contributed by atoms with Crippen molar-refractivity contribution in [2.24, 2.45) is 0 Å². The molecule has 0 saturated heterocycles. The molecule has 0 aliphatic heterocycles. The van der Waals surface area contributed by atoms with Crippen molar-refractivity contribution in [1.29, 1.82) is 0 Å². The molecule has 2 rings (SSSR count). The number of rotatable bonds is 9. The van der Waals surface area contributed by atoms with Crippen molar-refractivity contribution in [2.75, 3.05) is 37.7 Å². The summed E-state index contributed by atoms with van der Waals surface area (Å²) in [6.07, 6.45) is 1.00. The molecule has 0 bridgehead atoms. The van der Waals surface area contributed by atoms with E-state index in [-0.39, 0.29) is 0 Å². The van der Waals surface area contributed by atoms with Crippen molar-refractivity contribution < 1.29 is 9.47 Å². The fourth-order valence-corrected chi connectivity index (χ4v) is 2.40. The number of hydrogen-bond donors (Lipinski definition) is 2. The highest BCUT2D eigenvalue weighted by Crippen LogP contribution is 2.28. The van der Waals surface area contributed by atoms with Gasteiger partial charge < -0.3 is 25.8 Å². The quantitative estimate of drug-likeness (QED) is 0.541. The van der Waals surface area contributed by atoms with E-state index in [0.29, 0.717) is 29.5 Å². The van der Waals surface area contributed by atoms with Gasteiger partial charge in [0.25, 0.3) is 0 Å². The molecule has 5 heteroatoms. The Morgan fingerprint density at radius 3 is 2.29 bits per heavy atom. The van der Waals surface area contributed by atoms with Gasteiger partial charge in [0.2, 0.25) is 0 Å². The number of benzene rings is 2. The molecule has 2 aromatic carbocycles. The lowest BCUT2D eigenvalue weighted by atomic mass is 10.2. The van der Waals surface area contributed by atoms with Crippen LogP contribution in [0.25, 0.3) is 0 Å². The Hall–Kier alpha value is -2.40. The standard InChI is InChI=1S/C19H27N3O2/c1-3-22(4-2)11-6-12-23-15-7-5-8-16(13-15)24-17-9-10-18(20)19(21)14-17/h5,7-10,13-14H,3-4,6,11-12,20-21H2,1-2H3. The lowest BCUT2D eigenvalue weighted by Gasteiger charge is -2.17. The van der Waals surface area contributed by atoms with Crippen molar-refractivity contribution >= 4 is 11.4 Å². The van der Waals surface area contributed by atoms with E-state index in [2.05, 4.69) is 18.7 Å². The first-order valence-electron chi connectivity index (χ1n) is 8.40. The van der Waals surface area contributed by atoms with E-state index in [9.17, 15) is 0 Å². The van der Waals surface area contributed by atoms with Crippen molar-refractivity contribution in [2.45, 2.75) is 20.3 Å². The monoisotopic (exact) mass is 329 g/mol. The summed E-state index contributed by atoms with van der Waals surface area (Å²) in [7, 11) is 0. The van der Waals surface area contributed by atoms with E-state index in [1.165, 1.54) is 0 Å². The molecule has 0 heterocycles. The first kappa shape index (κ1) is 17.9. The Morgan fingerprint density at radius 2 is 1.58 bits per heavy atom. The van der Waals surface area contributed by atoms with Gasteiger partial charge in [-0.2, -0.15) is 0 Å². The van der Waals surface area contributed by atoms with Crippen LogP contribution in [0.4, 0.5) is 11.4 Å². The SMILES string of the molecule is CCN(CC)CCCOc1cccc(Oc2ccc(N)c(N)c2)c1. The van der Waals surface area contributed by atoms with Gasteiger partial charge in [0.1, 0.15) is 17.2 Å². The molecule has 0 aliphatic rings. The highest BCUT2D eigenvalue weighted by Gasteiger charge is 2.03. The molecule has 24 heavy (non-hydrogen) atoms. The van der Waals surface area contributed by atoms with E-state index in [0.717, 1.165) is 31.8 Å². The second-order valence-corrected chi connectivity index (χ2v) is 5.60. The molecule has 0 aromatic heterocycles. The summed E-state index contributed by atoms with van der Waals surface area (Å²) >= 11 is 0. The lowest BCUT2D eigenvalue weighted by molar-refractivity contribution is 0.249. The molecular formula is C19H27N3O2. The summed E-state index contributed by atoms with van der Waals surface area (Å²) in [5.74, 6) is 2.16. The number of hydrogen-bond acceptors (Lipinski definition) is 5. The van der Waals surface area contributed by atoms with Crippen LogP contribution in [-0.2, 0) is 0 Å². The maximum absolute atomic E-state index is 5.82. The van der Waals surface area contributed by atoms with E-state index in [4.69, 9.17) is 20.9 Å². The van der Waals surface area contributed by atoms with Crippen LogP contribution < -0.4 is 20.9 Å². The largest absolute Gasteiger partial charge is 0.493 e. The van der Waals surface area contributed by atoms with Crippen molar-refractivity contribution in [3.8, 4) is 17.2 Å². The van der Waals surface area contributed by atoms with Gasteiger partial charge in [0.05, 0.1) is 18.0 Å². The minimum atomic E-state index is 0.510. The van der Waals surface area contributed by atoms with Gasteiger partial charge in [-0.05, 0) is 43.8 Å². The average Bonchev–Trinajstić information content (AvgIpc) is 2.59. The van der Waals surface area contributed by atoms with Crippen molar-refractivity contribution in [3.05, 3.63) is 42.5 Å². The molecular weight excluding hydrogens is 302 g/mol. The van der Waals surface area contributed by atoms with Crippen molar-refractivity contribution in [3.63, 3.8) is 0 Å². The molecule has 4 N–H and O–H groups in total. The average molecular weight is 329 g/mol. The Balaban J connectivity index is 1.88. The molecule has 5 nitrogen and oxygen atoms in total. The maximum Gasteiger partial charge on any atom is 0.131 e. The van der Waals surface area contributed by atoms with Crippen LogP contribution in [-0.4, -0.2) is 31.1 Å². The third-order valence-corrected chi connectivity index (χ3v) is 3.88. The summed E-state index contributed by atoms with van der Waals surface area (Å²) in [5.41, 5.74) is 12.6. The van der Waals surface area contributed by atoms with E-state index in [1.807, 2.05) is 24.3 Å². The van der Waals surface area contributed by atoms with Gasteiger partial charge in [0.15, 0.2) is 0 Å². The highest BCUT2D eigenvalue weighted by atomic mass is 16.5. The van der Waals surface area contributed by atoms with E-state index < -0.39 is 0 Å². The van der Waals surface area contributed by atoms with Gasteiger partial charge in [-0.15, -0.1) is 0 Å². The molecule has 0 radical (unpaired) electrons. The third-order valence-electron chi connectivity index (χ3n) is 3.88. The first-order chi connectivity index (χ1) is 11.6. The van der Waals surface area contributed by atoms with Crippen LogP contribution in [0.1, 0.15) is 20.3 Å². The van der Waals surface area contributed by atoms with Gasteiger partial charge in [0, 0.05) is 18.7 Å². The second-order valence-electron chi connectivity index (χ2n) is 5.60. The zero-order valence-electron chi connectivity index (χ0n) is 14.5. The summed E-state index contributed by atoms with van der Waals surface area (Å²) in [6.45, 7) is 8.24. The second kappa shape index (κ2) is 9.03. The summed E-state index contributed by atoms with van der Waals surface area (Å²) in [6, 6.07) is 12.9. The molecule has 0 aliphatic carbocycles. The number of nitrogen functional groups attached to an aromatic ring is 2. The summed E-state index contributed by atoms with van der Waals surface area (Å²) in [5, 5.41) is 0. The van der Waals surface area contributed by atoms with E-state index in [1.54, 1.807) is 18.2 Å². The molecule has 130 valence electrons. The van der Waals surface area contributed by atoms with Gasteiger partial charge in [-0.3, -0.25) is 0 Å². The van der Waals surface area contributed by atoms with Crippen LogP contribution in [0, 0.1) is 0 Å². The molecule has 0 spiro atoms. The molecule has 0 saturated carbocycles. The van der Waals surface area contributed by atoms with Crippen LogP contribution >= 0.6 is 0 Å². The maximum atomic E-state index is 5.82. The third kappa shape index (κ3) is 5.35. The van der Waals surface area contributed by atoms with Crippen LogP contribution in [0.3, 0.4) is 0 Å². The van der Waals surface area contributed by atoms with Crippen LogP contribution in [0.2, 0.25) is 0 Å². The summed E-state index contributed by atoms with van der Waals surface area (Å²) < 4.78 is 11.6.